The van der Waals surface area contributed by atoms with E-state index in [1.165, 1.54) is 0 Å². The molecule has 0 bridgehead atoms. The largest absolute Gasteiger partial charge is 0.730 e. The van der Waals surface area contributed by atoms with E-state index >= 15 is 0 Å². The van der Waals surface area contributed by atoms with Gasteiger partial charge in [-0.2, -0.15) is 9.15 Å². The summed E-state index contributed by atoms with van der Waals surface area (Å²) >= 11 is 0. The maximum absolute atomic E-state index is 8.86. The van der Waals surface area contributed by atoms with Crippen molar-refractivity contribution >= 4 is 9.05 Å². The molecule has 2 N–H and O–H groups in total. The summed E-state index contributed by atoms with van der Waals surface area (Å²) in [7, 11) is -4.23. The first-order valence-electron chi connectivity index (χ1n) is 3.34. The minimum Gasteiger partial charge on any atom is -0.376 e. The van der Waals surface area contributed by atoms with Crippen LogP contribution in [0.1, 0.15) is 0 Å². The molecule has 1 saturated heterocycles. The molecule has 8 heteroatoms. The van der Waals surface area contributed by atoms with Crippen LogP contribution in [0.2, 0.25) is 0 Å². The number of ether oxygens (including phenoxy) is 1. The first-order valence-corrected chi connectivity index (χ1v) is 5.05. The van der Waals surface area contributed by atoms with Crippen molar-refractivity contribution in [2.45, 2.75) is 0 Å². The lowest BCUT2D eigenvalue weighted by molar-refractivity contribution is -0.342. The molecule has 1 aliphatic heterocycles. The number of hydrogen-bond acceptors (Lipinski definition) is 7. The summed E-state index contributed by atoms with van der Waals surface area (Å²) in [6, 6.07) is 0. The van der Waals surface area contributed by atoms with Gasteiger partial charge in [-0.25, -0.2) is 9.78 Å². The van der Waals surface area contributed by atoms with Gasteiger partial charge in [0.2, 0.25) is 0 Å². The van der Waals surface area contributed by atoms with Gasteiger partial charge in [0.15, 0.2) is 0 Å². The minimum atomic E-state index is -4.23. The Kier molecular flexibility index (Phi) is 4.04. The third-order valence-corrected chi connectivity index (χ3v) is 1.63. The summed E-state index contributed by atoms with van der Waals surface area (Å²) in [5, 5.41) is 0. The second-order valence-electron chi connectivity index (χ2n) is 1.97. The van der Waals surface area contributed by atoms with Crippen LogP contribution in [0.4, 0.5) is 0 Å². The molecule has 72 valence electrons. The van der Waals surface area contributed by atoms with Crippen LogP contribution in [-0.4, -0.2) is 45.1 Å². The second-order valence-corrected chi connectivity index (χ2v) is 3.40. The second kappa shape index (κ2) is 4.84. The lowest BCUT2D eigenvalue weighted by Crippen LogP contribution is -2.43. The summed E-state index contributed by atoms with van der Waals surface area (Å²) < 4.78 is 13.2. The monoisotopic (exact) mass is 198 g/mol. The molecule has 1 rings (SSSR count). The highest BCUT2D eigenvalue weighted by Crippen LogP contribution is 2.01. The Morgan fingerprint density at radius 2 is 1.33 bits per heavy atom. The maximum atomic E-state index is 8.86. The van der Waals surface area contributed by atoms with Gasteiger partial charge in [0, 0.05) is 0 Å². The maximum Gasteiger partial charge on any atom is 0.730 e. The summed E-state index contributed by atoms with van der Waals surface area (Å²) in [6.45, 7) is 0.820. The molecular weight excluding hydrogens is 188 g/mol. The summed E-state index contributed by atoms with van der Waals surface area (Å²) in [4.78, 5) is 26.4. The van der Waals surface area contributed by atoms with Crippen molar-refractivity contribution in [3.05, 3.63) is 0 Å². The van der Waals surface area contributed by atoms with Crippen LogP contribution in [0, 0.1) is 0 Å². The Balaban J connectivity index is 2.27. The fourth-order valence-corrected chi connectivity index (χ4v) is 1.04. The molecule has 1 fully saturated rings. The van der Waals surface area contributed by atoms with Gasteiger partial charge >= 0.3 is 9.05 Å². The van der Waals surface area contributed by atoms with Crippen LogP contribution in [-0.2, 0) is 23.7 Å². The Labute approximate surface area is 69.7 Å². The van der Waals surface area contributed by atoms with Crippen LogP contribution in [0.25, 0.3) is 0 Å². The molecule has 0 atom stereocenters. The van der Waals surface area contributed by atoms with Crippen molar-refractivity contribution in [1.29, 1.82) is 0 Å². The zero-order valence-electron chi connectivity index (χ0n) is 6.26. The van der Waals surface area contributed by atoms with E-state index < -0.39 is 9.05 Å². The van der Waals surface area contributed by atoms with E-state index in [-0.39, 0.29) is 13.2 Å². The van der Waals surface area contributed by atoms with Gasteiger partial charge in [0.1, 0.15) is 13.2 Å². The highest BCUT2D eigenvalue weighted by Gasteiger charge is 2.41. The van der Waals surface area contributed by atoms with Gasteiger partial charge in [-0.1, -0.05) is 0 Å². The molecule has 1 heterocycles. The lowest BCUT2D eigenvalue weighted by Gasteiger charge is -2.16. The molecule has 0 aromatic rings. The number of rotatable bonds is 0. The summed E-state index contributed by atoms with van der Waals surface area (Å²) in [6.07, 6.45) is 0. The molecule has 0 spiro atoms. The van der Waals surface area contributed by atoms with Crippen LogP contribution in [0.3, 0.4) is 0 Å². The van der Waals surface area contributed by atoms with E-state index in [4.69, 9.17) is 14.3 Å². The number of hydrogen-bond donors (Lipinski definition) is 2. The third kappa shape index (κ3) is 4.09. The Bertz CT molecular complexity index is 117. The Morgan fingerprint density at radius 1 is 0.833 bits per heavy atom. The third-order valence-electron chi connectivity index (χ3n) is 0.957. The standard InChI is InChI=1S/C4H10O7Si/c5-12(6)10-8-3-1-7-2-4-9-11-12/h5-6H,1-4H2. The molecule has 7 nitrogen and oxygen atoms in total. The zero-order valence-corrected chi connectivity index (χ0v) is 7.26. The minimum absolute atomic E-state index is 0.110. The van der Waals surface area contributed by atoms with Gasteiger partial charge in [-0.15, -0.1) is 0 Å². The van der Waals surface area contributed by atoms with Crippen LogP contribution in [0.5, 0.6) is 0 Å². The van der Waals surface area contributed by atoms with Crippen LogP contribution >= 0.6 is 0 Å². The van der Waals surface area contributed by atoms with Crippen molar-refractivity contribution in [2.24, 2.45) is 0 Å². The SMILES string of the molecule is O[Si]1(O)OOCCOCCOO1. The molecule has 1 aliphatic rings. The fraction of sp³-hybridized carbons (Fsp3) is 1.00. The van der Waals surface area contributed by atoms with E-state index in [2.05, 4.69) is 18.9 Å². The van der Waals surface area contributed by atoms with Gasteiger partial charge in [0.25, 0.3) is 0 Å². The smallest absolute Gasteiger partial charge is 0.376 e. The van der Waals surface area contributed by atoms with Gasteiger partial charge in [-0.3, -0.25) is 0 Å². The molecule has 0 aliphatic carbocycles. The first-order chi connectivity index (χ1) is 5.71. The zero-order chi connectivity index (χ0) is 8.86. The quantitative estimate of drug-likeness (QED) is 0.355. The van der Waals surface area contributed by atoms with E-state index in [9.17, 15) is 0 Å². The molecule has 0 radical (unpaired) electrons. The molecular formula is C4H10O7Si. The van der Waals surface area contributed by atoms with Crippen LogP contribution < -0.4 is 0 Å². The van der Waals surface area contributed by atoms with E-state index in [0.29, 0.717) is 13.2 Å². The van der Waals surface area contributed by atoms with Crippen molar-refractivity contribution < 1.29 is 33.3 Å². The Hall–Kier alpha value is -0.0631. The first kappa shape index (κ1) is 10.0. The molecule has 0 aromatic heterocycles. The highest BCUT2D eigenvalue weighted by atomic mass is 28.4. The van der Waals surface area contributed by atoms with Crippen molar-refractivity contribution in [1.82, 2.24) is 0 Å². The predicted octanol–water partition coefficient (Wildman–Crippen LogP) is -1.67. The highest BCUT2D eigenvalue weighted by molar-refractivity contribution is 6.49. The fourth-order valence-electron chi connectivity index (χ4n) is 0.539. The predicted molar refractivity (Wildman–Crippen MR) is 35.1 cm³/mol. The summed E-state index contributed by atoms with van der Waals surface area (Å²) in [5.74, 6) is 0. The average Bonchev–Trinajstić information content (AvgIpc) is 2.02. The van der Waals surface area contributed by atoms with Crippen molar-refractivity contribution in [3.8, 4) is 0 Å². The van der Waals surface area contributed by atoms with Crippen LogP contribution in [0.15, 0.2) is 0 Å². The van der Waals surface area contributed by atoms with Gasteiger partial charge in [-0.05, 0) is 0 Å². The Morgan fingerprint density at radius 3 is 1.83 bits per heavy atom. The molecule has 0 aromatic carbocycles. The van der Waals surface area contributed by atoms with E-state index in [0.717, 1.165) is 0 Å². The lowest BCUT2D eigenvalue weighted by atomic mass is 10.7. The topological polar surface area (TPSA) is 86.6 Å². The van der Waals surface area contributed by atoms with Gasteiger partial charge < -0.3 is 14.3 Å². The molecule has 12 heavy (non-hydrogen) atoms. The normalized spacial score (nSPS) is 26.5. The van der Waals surface area contributed by atoms with Gasteiger partial charge in [0.05, 0.1) is 13.2 Å². The van der Waals surface area contributed by atoms with Crippen molar-refractivity contribution in [3.63, 3.8) is 0 Å². The van der Waals surface area contributed by atoms with Crippen molar-refractivity contribution in [2.75, 3.05) is 26.4 Å². The average molecular weight is 198 g/mol. The summed E-state index contributed by atoms with van der Waals surface area (Å²) in [5.41, 5.74) is 0. The molecule has 0 unspecified atom stereocenters. The molecule has 0 saturated carbocycles. The molecule has 0 amide bonds. The van der Waals surface area contributed by atoms with E-state index in [1.807, 2.05) is 0 Å². The van der Waals surface area contributed by atoms with E-state index in [1.54, 1.807) is 0 Å².